The molecule has 0 aromatic heterocycles. The van der Waals surface area contributed by atoms with Gasteiger partial charge in [0.25, 0.3) is 0 Å². The van der Waals surface area contributed by atoms with Gasteiger partial charge in [0.05, 0.1) is 0 Å². The van der Waals surface area contributed by atoms with Gasteiger partial charge < -0.3 is 4.90 Å². The summed E-state index contributed by atoms with van der Waals surface area (Å²) in [4.78, 5) is 2.36. The molecule has 0 aliphatic carbocycles. The zero-order valence-electron chi connectivity index (χ0n) is 8.14. The molecule has 0 aromatic rings. The Balaban J connectivity index is 3.01. The van der Waals surface area contributed by atoms with Crippen molar-refractivity contribution in [2.75, 3.05) is 20.1 Å². The van der Waals surface area contributed by atoms with Crippen LogP contribution >= 0.6 is 0 Å². The topological polar surface area (TPSA) is 3.24 Å². The summed E-state index contributed by atoms with van der Waals surface area (Å²) in [5, 5.41) is 0. The number of nitrogens with zero attached hydrogens (tertiary/aromatic N) is 1. The van der Waals surface area contributed by atoms with Crippen LogP contribution < -0.4 is 0 Å². The van der Waals surface area contributed by atoms with E-state index in [9.17, 15) is 0 Å². The zero-order chi connectivity index (χ0) is 8.53. The van der Waals surface area contributed by atoms with E-state index < -0.39 is 0 Å². The molecule has 0 atom stereocenters. The summed E-state index contributed by atoms with van der Waals surface area (Å²) in [6.45, 7) is 6.70. The summed E-state index contributed by atoms with van der Waals surface area (Å²) in [5.74, 6) is 0. The fourth-order valence-corrected chi connectivity index (χ4v) is 0.969. The summed E-state index contributed by atoms with van der Waals surface area (Å²) in [6, 6.07) is 0. The van der Waals surface area contributed by atoms with Crippen LogP contribution in [0.2, 0.25) is 0 Å². The van der Waals surface area contributed by atoms with Gasteiger partial charge in [0.1, 0.15) is 0 Å². The maximum absolute atomic E-state index is 2.36. The molecule has 0 bridgehead atoms. The molecule has 0 unspecified atom stereocenters. The first-order valence-corrected chi connectivity index (χ1v) is 4.61. The SMILES string of the molecule is CC=CCCCCN(C)CC. The molecule has 0 aliphatic heterocycles. The van der Waals surface area contributed by atoms with Crippen molar-refractivity contribution in [2.24, 2.45) is 0 Å². The van der Waals surface area contributed by atoms with E-state index in [1.54, 1.807) is 0 Å². The van der Waals surface area contributed by atoms with Gasteiger partial charge in [0.2, 0.25) is 0 Å². The fourth-order valence-electron chi connectivity index (χ4n) is 0.969. The maximum Gasteiger partial charge on any atom is -0.00218 e. The minimum absolute atomic E-state index is 1.17. The smallest absolute Gasteiger partial charge is 0.00218 e. The average Bonchev–Trinajstić information content (AvgIpc) is 2.04. The summed E-state index contributed by atoms with van der Waals surface area (Å²) in [7, 11) is 2.18. The maximum atomic E-state index is 2.36. The van der Waals surface area contributed by atoms with Crippen molar-refractivity contribution in [3.05, 3.63) is 12.2 Å². The van der Waals surface area contributed by atoms with Gasteiger partial charge in [-0.2, -0.15) is 0 Å². The first-order valence-electron chi connectivity index (χ1n) is 4.61. The normalized spacial score (nSPS) is 11.6. The van der Waals surface area contributed by atoms with Gasteiger partial charge in [0.15, 0.2) is 0 Å². The van der Waals surface area contributed by atoms with Crippen molar-refractivity contribution in [1.29, 1.82) is 0 Å². The van der Waals surface area contributed by atoms with E-state index in [4.69, 9.17) is 0 Å². The van der Waals surface area contributed by atoms with E-state index in [0.29, 0.717) is 0 Å². The molecule has 11 heavy (non-hydrogen) atoms. The van der Waals surface area contributed by atoms with Gasteiger partial charge in [-0.05, 0) is 46.3 Å². The van der Waals surface area contributed by atoms with Crippen molar-refractivity contribution < 1.29 is 0 Å². The molecule has 1 nitrogen and oxygen atoms in total. The van der Waals surface area contributed by atoms with E-state index in [0.717, 1.165) is 0 Å². The Morgan fingerprint density at radius 2 is 2.00 bits per heavy atom. The van der Waals surface area contributed by atoms with Gasteiger partial charge in [0, 0.05) is 0 Å². The molecule has 0 saturated carbocycles. The Labute approximate surface area is 71.1 Å². The Morgan fingerprint density at radius 1 is 1.27 bits per heavy atom. The van der Waals surface area contributed by atoms with Crippen molar-refractivity contribution in [1.82, 2.24) is 4.90 Å². The van der Waals surface area contributed by atoms with E-state index in [1.807, 2.05) is 0 Å². The predicted molar refractivity (Wildman–Crippen MR) is 51.8 cm³/mol. The number of hydrogen-bond donors (Lipinski definition) is 0. The Hall–Kier alpha value is -0.300. The van der Waals surface area contributed by atoms with Crippen LogP contribution in [0.15, 0.2) is 12.2 Å². The molecule has 0 heterocycles. The van der Waals surface area contributed by atoms with Gasteiger partial charge in [-0.3, -0.25) is 0 Å². The quantitative estimate of drug-likeness (QED) is 0.421. The molecule has 0 fully saturated rings. The van der Waals surface area contributed by atoms with Gasteiger partial charge in [-0.25, -0.2) is 0 Å². The van der Waals surface area contributed by atoms with Crippen LogP contribution in [0.1, 0.15) is 33.1 Å². The van der Waals surface area contributed by atoms with Crippen LogP contribution in [-0.4, -0.2) is 25.0 Å². The molecule has 0 N–H and O–H groups in total. The lowest BCUT2D eigenvalue weighted by atomic mass is 10.2. The van der Waals surface area contributed by atoms with Gasteiger partial charge >= 0.3 is 0 Å². The molecular formula is C10H21N. The lowest BCUT2D eigenvalue weighted by Crippen LogP contribution is -2.18. The zero-order valence-corrected chi connectivity index (χ0v) is 8.14. The minimum atomic E-state index is 1.17. The third-order valence-electron chi connectivity index (χ3n) is 1.94. The van der Waals surface area contributed by atoms with Crippen molar-refractivity contribution in [3.63, 3.8) is 0 Å². The van der Waals surface area contributed by atoms with Crippen molar-refractivity contribution in [2.45, 2.75) is 33.1 Å². The van der Waals surface area contributed by atoms with Crippen LogP contribution in [-0.2, 0) is 0 Å². The van der Waals surface area contributed by atoms with Crippen LogP contribution in [0.4, 0.5) is 0 Å². The molecule has 0 aliphatic rings. The lowest BCUT2D eigenvalue weighted by molar-refractivity contribution is 0.344. The number of rotatable bonds is 6. The number of unbranched alkanes of at least 4 members (excludes halogenated alkanes) is 2. The molecular weight excluding hydrogens is 134 g/mol. The Kier molecular flexibility index (Phi) is 7.59. The lowest BCUT2D eigenvalue weighted by Gasteiger charge is -2.12. The van der Waals surface area contributed by atoms with E-state index in [-0.39, 0.29) is 0 Å². The highest BCUT2D eigenvalue weighted by Gasteiger charge is 1.91. The molecule has 0 rings (SSSR count). The minimum Gasteiger partial charge on any atom is -0.307 e. The van der Waals surface area contributed by atoms with Crippen LogP contribution in [0.3, 0.4) is 0 Å². The largest absolute Gasteiger partial charge is 0.307 e. The van der Waals surface area contributed by atoms with Crippen LogP contribution in [0.5, 0.6) is 0 Å². The average molecular weight is 155 g/mol. The first-order chi connectivity index (χ1) is 5.31. The Bertz CT molecular complexity index is 97.0. The molecule has 66 valence electrons. The van der Waals surface area contributed by atoms with Crippen molar-refractivity contribution in [3.8, 4) is 0 Å². The summed E-state index contributed by atoms with van der Waals surface area (Å²) in [5.41, 5.74) is 0. The number of hydrogen-bond acceptors (Lipinski definition) is 1. The Morgan fingerprint density at radius 3 is 2.55 bits per heavy atom. The standard InChI is InChI=1S/C10H21N/c1-4-6-7-8-9-10-11(3)5-2/h4,6H,5,7-10H2,1-3H3. The van der Waals surface area contributed by atoms with Gasteiger partial charge in [-0.1, -0.05) is 19.1 Å². The van der Waals surface area contributed by atoms with Crippen LogP contribution in [0, 0.1) is 0 Å². The first kappa shape index (κ1) is 10.7. The second kappa shape index (κ2) is 7.80. The third kappa shape index (κ3) is 7.60. The van der Waals surface area contributed by atoms with E-state index in [2.05, 4.69) is 37.9 Å². The molecule has 0 aromatic carbocycles. The molecule has 0 radical (unpaired) electrons. The second-order valence-electron chi connectivity index (χ2n) is 2.96. The molecule has 0 amide bonds. The second-order valence-corrected chi connectivity index (χ2v) is 2.96. The highest BCUT2D eigenvalue weighted by molar-refractivity contribution is 4.76. The molecule has 0 saturated heterocycles. The van der Waals surface area contributed by atoms with Gasteiger partial charge in [-0.15, -0.1) is 0 Å². The molecule has 0 spiro atoms. The molecule has 1 heteroatoms. The monoisotopic (exact) mass is 155 g/mol. The fraction of sp³-hybridized carbons (Fsp3) is 0.800. The number of allylic oxidation sites excluding steroid dienone is 2. The summed E-state index contributed by atoms with van der Waals surface area (Å²) < 4.78 is 0. The summed E-state index contributed by atoms with van der Waals surface area (Å²) in [6.07, 6.45) is 8.27. The summed E-state index contributed by atoms with van der Waals surface area (Å²) >= 11 is 0. The third-order valence-corrected chi connectivity index (χ3v) is 1.94. The van der Waals surface area contributed by atoms with E-state index in [1.165, 1.54) is 32.4 Å². The predicted octanol–water partition coefficient (Wildman–Crippen LogP) is 2.68. The van der Waals surface area contributed by atoms with Crippen molar-refractivity contribution >= 4 is 0 Å². The van der Waals surface area contributed by atoms with E-state index >= 15 is 0 Å². The highest BCUT2D eigenvalue weighted by atomic mass is 15.1. The van der Waals surface area contributed by atoms with Crippen LogP contribution in [0.25, 0.3) is 0 Å². The highest BCUT2D eigenvalue weighted by Crippen LogP contribution is 1.97.